The predicted octanol–water partition coefficient (Wildman–Crippen LogP) is 7.43. The predicted molar refractivity (Wildman–Crippen MR) is 371 cm³/mol. The van der Waals surface area contributed by atoms with Crippen molar-refractivity contribution in [2.24, 2.45) is 41.4 Å². The molecule has 1 spiro atoms. The standard InChI is InChI=1S/C74H113F8N11O12/c1-11-43(4)62-69(102)87(6)42-60(96)89(8)54-22-15-14-18-33-92(68(54)101)57(37-45-25-28-48(29-26-45)73(77,78)79)67(100)86(5)41-58(94)83-53(30-27-46-34-51(75)61(52(76)35-46)74(80,81)82)66(99)93-40-50(105-13-3)39-56(93)65(98)85-72(31-19-32-72)71(104)91(10)63(47-20-16-17-21-47)70(103)88(7)49(12-2)38-59(95)90(9)55(64(97)84-62)36-44-23-24-44/h14-15,43-57,61-63H,11-13,16-42H2,1-10H3,(H,83,94)(H,84,97)(H,85,98)/b15-14-/t43-,45?,46?,48?,49+,50+,51?,52?,53-,54-,55-,56-,57-,61?,62-,63-/m0/s1. The zero-order valence-electron chi connectivity index (χ0n) is 62.8. The number of fused-ring (bicyclic) bond motifs is 3. The van der Waals surface area contributed by atoms with Crippen LogP contribution in [0.25, 0.3) is 0 Å². The molecule has 8 rings (SSSR count). The molecule has 2 saturated heterocycles. The lowest BCUT2D eigenvalue weighted by atomic mass is 9.74. The van der Waals surface area contributed by atoms with Crippen molar-refractivity contribution in [2.75, 3.05) is 75.1 Å². The quantitative estimate of drug-likeness (QED) is 0.120. The van der Waals surface area contributed by atoms with Crippen LogP contribution >= 0.6 is 0 Å². The van der Waals surface area contributed by atoms with E-state index in [0.717, 1.165) is 45.3 Å². The van der Waals surface area contributed by atoms with Crippen LogP contribution in [0.4, 0.5) is 35.1 Å². The molecule has 2 bridgehead atoms. The smallest absolute Gasteiger partial charge is 0.377 e. The lowest BCUT2D eigenvalue weighted by Gasteiger charge is -2.46. The summed E-state index contributed by atoms with van der Waals surface area (Å²) in [6, 6.07) is -9.98. The Balaban J connectivity index is 1.18. The van der Waals surface area contributed by atoms with E-state index in [-0.39, 0.29) is 121 Å². The second-order valence-corrected chi connectivity index (χ2v) is 31.5. The topological polar surface area (TPSA) is 259 Å². The van der Waals surface area contributed by atoms with Gasteiger partial charge in [0.25, 0.3) is 0 Å². The van der Waals surface area contributed by atoms with Crippen LogP contribution < -0.4 is 16.0 Å². The summed E-state index contributed by atoms with van der Waals surface area (Å²) < 4.78 is 121. The maximum Gasteiger partial charge on any atom is 0.397 e. The first-order valence-electron chi connectivity index (χ1n) is 38.2. The molecule has 592 valence electrons. The van der Waals surface area contributed by atoms with Crippen molar-refractivity contribution >= 4 is 65.0 Å². The molecule has 3 aliphatic heterocycles. The Kier molecular flexibility index (Phi) is 28.8. The van der Waals surface area contributed by atoms with Crippen molar-refractivity contribution in [3.63, 3.8) is 0 Å². The molecule has 105 heavy (non-hydrogen) atoms. The third-order valence-corrected chi connectivity index (χ3v) is 24.3. The SMILES string of the molecule is CCO[C@@H]1C[C@H]2C(=O)NC3(CCC3)C(=O)N(C)[C@@H](C3CCCC3)C(=O)N(C)[C@H](CC)CC(=O)N(C)[C@@H](CC3CC3)C(=O)N[C@@H]([C@@H](C)CC)C(=O)N(C)CC(=O)N(C)[C@H]3C/C=C\CCN(C3=O)[C@@H](CC3CCC(C(F)(F)F)CC3)C(=O)N(C)CC(=O)N[C@@H](CCC3CC(F)C(C(F)(F)F)C(F)C3)C(=O)N2C1. The fourth-order valence-corrected chi connectivity index (χ4v) is 17.2. The molecule has 3 N–H and O–H groups in total. The van der Waals surface area contributed by atoms with Gasteiger partial charge in [-0.2, -0.15) is 26.3 Å². The van der Waals surface area contributed by atoms with Gasteiger partial charge in [-0.15, -0.1) is 0 Å². The monoisotopic (exact) mass is 1500 g/mol. The van der Waals surface area contributed by atoms with Crippen molar-refractivity contribution in [1.29, 1.82) is 0 Å². The molecule has 12 atom stereocenters. The van der Waals surface area contributed by atoms with Gasteiger partial charge in [0.2, 0.25) is 65.0 Å². The van der Waals surface area contributed by atoms with E-state index in [1.807, 2.05) is 13.8 Å². The van der Waals surface area contributed by atoms with E-state index in [1.54, 1.807) is 33.0 Å². The molecule has 0 aromatic rings. The summed E-state index contributed by atoms with van der Waals surface area (Å²) in [5.41, 5.74) is -1.60. The van der Waals surface area contributed by atoms with Crippen molar-refractivity contribution < 1.29 is 92.6 Å². The van der Waals surface area contributed by atoms with Gasteiger partial charge >= 0.3 is 12.4 Å². The van der Waals surface area contributed by atoms with Crippen molar-refractivity contribution in [3.05, 3.63) is 12.2 Å². The second kappa shape index (κ2) is 36.0. The fraction of sp³-hybridized carbons (Fsp3) is 0.824. The first-order chi connectivity index (χ1) is 49.4. The molecule has 3 heterocycles. The maximum absolute atomic E-state index is 15.5. The zero-order valence-corrected chi connectivity index (χ0v) is 62.8. The van der Waals surface area contributed by atoms with Crippen LogP contribution in [-0.4, -0.2) is 264 Å². The molecule has 5 saturated carbocycles. The van der Waals surface area contributed by atoms with Gasteiger partial charge < -0.3 is 59.9 Å². The Morgan fingerprint density at radius 3 is 1.76 bits per heavy atom. The van der Waals surface area contributed by atoms with E-state index in [4.69, 9.17) is 4.74 Å². The number of halogens is 8. The van der Waals surface area contributed by atoms with E-state index in [2.05, 4.69) is 16.0 Å². The number of carbonyl (C=O) groups excluding carboxylic acids is 11. The van der Waals surface area contributed by atoms with E-state index in [9.17, 15) is 50.3 Å². The number of carbonyl (C=O) groups is 11. The summed E-state index contributed by atoms with van der Waals surface area (Å²) >= 11 is 0. The van der Waals surface area contributed by atoms with Gasteiger partial charge in [0.15, 0.2) is 0 Å². The molecule has 0 aromatic heterocycles. The molecular weight excluding hydrogens is 1390 g/mol. The largest absolute Gasteiger partial charge is 0.397 e. The van der Waals surface area contributed by atoms with Crippen molar-refractivity contribution in [3.8, 4) is 0 Å². The summed E-state index contributed by atoms with van der Waals surface area (Å²) in [5, 5.41) is 8.54. The van der Waals surface area contributed by atoms with Crippen LogP contribution in [0.5, 0.6) is 0 Å². The third kappa shape index (κ3) is 20.4. The molecule has 31 heteroatoms. The molecule has 0 radical (unpaired) electrons. The number of alkyl halides is 8. The number of nitrogens with zero attached hydrogens (tertiary/aromatic N) is 8. The minimum atomic E-state index is -5.20. The van der Waals surface area contributed by atoms with Gasteiger partial charge in [-0.25, -0.2) is 8.78 Å². The van der Waals surface area contributed by atoms with Gasteiger partial charge in [0.1, 0.15) is 66.1 Å². The molecular formula is C74H113F8N11O12. The minimum absolute atomic E-state index is 0.0113. The summed E-state index contributed by atoms with van der Waals surface area (Å²) in [5.74, 6) is -14.7. The first kappa shape index (κ1) is 83.9. The average Bonchev–Trinajstić information content (AvgIpc) is 1.67. The Hall–Kier alpha value is -6.69. The number of ether oxygens (including phenoxy) is 1. The second-order valence-electron chi connectivity index (χ2n) is 31.5. The molecule has 8 aliphatic rings. The number of nitrogens with one attached hydrogen (secondary N) is 3. The van der Waals surface area contributed by atoms with Crippen LogP contribution in [0.1, 0.15) is 188 Å². The number of amides is 11. The number of hydrogen-bond donors (Lipinski definition) is 3. The van der Waals surface area contributed by atoms with Crippen molar-refractivity contribution in [1.82, 2.24) is 55.1 Å². The summed E-state index contributed by atoms with van der Waals surface area (Å²) in [6.45, 7) is 5.31. The Bertz CT molecular complexity index is 3110. The normalized spacial score (nSPS) is 33.3. The molecule has 0 aromatic carbocycles. The highest BCUT2D eigenvalue weighted by Gasteiger charge is 2.56. The van der Waals surface area contributed by atoms with Gasteiger partial charge in [-0.3, -0.25) is 52.7 Å². The fourth-order valence-electron chi connectivity index (χ4n) is 17.2. The highest BCUT2D eigenvalue weighted by atomic mass is 19.4. The van der Waals surface area contributed by atoms with Gasteiger partial charge in [0, 0.05) is 80.9 Å². The molecule has 23 nitrogen and oxygen atoms in total. The molecule has 7 fully saturated rings. The maximum atomic E-state index is 15.5. The van der Waals surface area contributed by atoms with Crippen LogP contribution in [-0.2, 0) is 57.5 Å². The van der Waals surface area contributed by atoms with Crippen LogP contribution in [0, 0.1) is 41.4 Å². The Morgan fingerprint density at radius 2 is 1.20 bits per heavy atom. The molecule has 2 unspecified atom stereocenters. The van der Waals surface area contributed by atoms with Crippen molar-refractivity contribution in [2.45, 2.75) is 273 Å². The Labute approximate surface area is 612 Å². The minimum Gasteiger partial charge on any atom is -0.377 e. The molecule has 5 aliphatic carbocycles. The zero-order chi connectivity index (χ0) is 77.3. The molecule has 11 amide bonds. The van der Waals surface area contributed by atoms with Gasteiger partial charge in [0.05, 0.1) is 25.1 Å². The lowest BCUT2D eigenvalue weighted by Crippen LogP contribution is -2.68. The van der Waals surface area contributed by atoms with Crippen LogP contribution in [0.3, 0.4) is 0 Å². The highest BCUT2D eigenvalue weighted by molar-refractivity contribution is 6.00. The number of hydrogen-bond acceptors (Lipinski definition) is 12. The van der Waals surface area contributed by atoms with Crippen LogP contribution in [0.2, 0.25) is 0 Å². The highest BCUT2D eigenvalue weighted by Crippen LogP contribution is 2.46. The Morgan fingerprint density at radius 1 is 0.590 bits per heavy atom. The summed E-state index contributed by atoms with van der Waals surface area (Å²) in [6.07, 6.45) is -9.65. The average molecular weight is 1500 g/mol. The van der Waals surface area contributed by atoms with Gasteiger partial charge in [-0.05, 0) is 152 Å². The van der Waals surface area contributed by atoms with Gasteiger partial charge in [-0.1, -0.05) is 65.0 Å². The van der Waals surface area contributed by atoms with E-state index < -0.39 is 212 Å². The van der Waals surface area contributed by atoms with E-state index >= 15 is 37.5 Å². The summed E-state index contributed by atoms with van der Waals surface area (Å²) in [4.78, 5) is 176. The first-order valence-corrected chi connectivity index (χ1v) is 38.2. The lowest BCUT2D eigenvalue weighted by molar-refractivity contribution is -0.219. The third-order valence-electron chi connectivity index (χ3n) is 24.3. The summed E-state index contributed by atoms with van der Waals surface area (Å²) in [7, 11) is 8.51. The van der Waals surface area contributed by atoms with E-state index in [1.165, 1.54) is 54.8 Å². The number of rotatable bonds is 13. The number of likely N-dealkylation sites (N-methyl/N-ethyl adjacent to an activating group) is 6. The van der Waals surface area contributed by atoms with E-state index in [0.29, 0.717) is 25.7 Å². The van der Waals surface area contributed by atoms with Crippen LogP contribution in [0.15, 0.2) is 12.2 Å².